The van der Waals surface area contributed by atoms with Gasteiger partial charge in [0.25, 0.3) is 0 Å². The molecular formula is C16H16N2O2. The van der Waals surface area contributed by atoms with E-state index < -0.39 is 6.23 Å². The van der Waals surface area contributed by atoms with E-state index in [2.05, 4.69) is 10.2 Å². The van der Waals surface area contributed by atoms with Gasteiger partial charge >= 0.3 is 5.97 Å². The first kappa shape index (κ1) is 13.9. The van der Waals surface area contributed by atoms with E-state index in [0.717, 1.165) is 11.3 Å². The van der Waals surface area contributed by atoms with Gasteiger partial charge in [0.2, 0.25) is 6.23 Å². The molecule has 0 amide bonds. The summed E-state index contributed by atoms with van der Waals surface area (Å²) in [7, 11) is 0. The molecule has 0 aliphatic carbocycles. The summed E-state index contributed by atoms with van der Waals surface area (Å²) in [5.41, 5.74) is 1.78. The van der Waals surface area contributed by atoms with Crippen LogP contribution in [-0.4, -0.2) is 12.2 Å². The Hall–Kier alpha value is -2.49. The minimum Gasteiger partial charge on any atom is -0.438 e. The summed E-state index contributed by atoms with van der Waals surface area (Å²) in [4.78, 5) is 11.1. The Morgan fingerprint density at radius 1 is 1.05 bits per heavy atom. The van der Waals surface area contributed by atoms with Crippen molar-refractivity contribution < 1.29 is 9.53 Å². The lowest BCUT2D eigenvalue weighted by Crippen LogP contribution is -2.16. The van der Waals surface area contributed by atoms with Gasteiger partial charge in [-0.2, -0.15) is 5.11 Å². The van der Waals surface area contributed by atoms with Gasteiger partial charge in [-0.15, -0.1) is 5.11 Å². The predicted octanol–water partition coefficient (Wildman–Crippen LogP) is 3.90. The van der Waals surface area contributed by atoms with Crippen molar-refractivity contribution in [2.75, 3.05) is 0 Å². The van der Waals surface area contributed by atoms with Crippen LogP contribution in [0, 0.1) is 0 Å². The number of ether oxygens (including phenoxy) is 1. The number of carbonyl (C=O) groups excluding carboxylic acids is 1. The standard InChI is InChI=1S/C16H16N2O2/c1-13(19)20-16(12-14-8-4-2-5-9-14)18-17-15-10-6-3-7-11-15/h2-11,16H,12H2,1H3. The summed E-state index contributed by atoms with van der Waals surface area (Å²) in [6.45, 7) is 1.37. The highest BCUT2D eigenvalue weighted by atomic mass is 16.6. The number of esters is 1. The Balaban J connectivity index is 2.07. The van der Waals surface area contributed by atoms with Crippen LogP contribution in [0.2, 0.25) is 0 Å². The van der Waals surface area contributed by atoms with Crippen molar-refractivity contribution in [2.24, 2.45) is 10.2 Å². The lowest BCUT2D eigenvalue weighted by molar-refractivity contribution is -0.146. The Kier molecular flexibility index (Phi) is 5.00. The van der Waals surface area contributed by atoms with E-state index in [1.54, 1.807) is 0 Å². The van der Waals surface area contributed by atoms with Gasteiger partial charge in [-0.1, -0.05) is 48.5 Å². The smallest absolute Gasteiger partial charge is 0.304 e. The molecule has 0 saturated carbocycles. The Morgan fingerprint density at radius 2 is 1.65 bits per heavy atom. The van der Waals surface area contributed by atoms with E-state index in [0.29, 0.717) is 6.42 Å². The van der Waals surface area contributed by atoms with Crippen LogP contribution in [-0.2, 0) is 16.0 Å². The second kappa shape index (κ2) is 7.19. The topological polar surface area (TPSA) is 51.0 Å². The van der Waals surface area contributed by atoms with Gasteiger partial charge < -0.3 is 4.74 Å². The molecule has 0 aromatic heterocycles. The summed E-state index contributed by atoms with van der Waals surface area (Å²) in [6.07, 6.45) is -0.0911. The molecule has 0 heterocycles. The zero-order valence-corrected chi connectivity index (χ0v) is 11.3. The highest BCUT2D eigenvalue weighted by molar-refractivity contribution is 5.66. The maximum atomic E-state index is 11.1. The van der Waals surface area contributed by atoms with Crippen LogP contribution in [0.5, 0.6) is 0 Å². The molecule has 0 bridgehead atoms. The molecule has 1 atom stereocenters. The first-order valence-corrected chi connectivity index (χ1v) is 6.41. The number of hydrogen-bond acceptors (Lipinski definition) is 4. The third-order valence-corrected chi connectivity index (χ3v) is 2.61. The average Bonchev–Trinajstić information content (AvgIpc) is 2.46. The van der Waals surface area contributed by atoms with E-state index in [-0.39, 0.29) is 5.97 Å². The van der Waals surface area contributed by atoms with E-state index >= 15 is 0 Å². The van der Waals surface area contributed by atoms with Crippen molar-refractivity contribution in [3.8, 4) is 0 Å². The Bertz CT molecular complexity index is 568. The average molecular weight is 268 g/mol. The van der Waals surface area contributed by atoms with Crippen molar-refractivity contribution in [1.82, 2.24) is 0 Å². The van der Waals surface area contributed by atoms with Crippen LogP contribution in [0.3, 0.4) is 0 Å². The molecule has 0 N–H and O–H groups in total. The number of benzene rings is 2. The molecule has 0 spiro atoms. The van der Waals surface area contributed by atoms with Gasteiger partial charge in [-0.3, -0.25) is 4.79 Å². The minimum atomic E-state index is -0.602. The fourth-order valence-corrected chi connectivity index (χ4v) is 1.74. The molecule has 0 saturated heterocycles. The largest absolute Gasteiger partial charge is 0.438 e. The fourth-order valence-electron chi connectivity index (χ4n) is 1.74. The second-order valence-electron chi connectivity index (χ2n) is 4.30. The van der Waals surface area contributed by atoms with Crippen LogP contribution >= 0.6 is 0 Å². The van der Waals surface area contributed by atoms with E-state index in [1.807, 2.05) is 60.7 Å². The minimum absolute atomic E-state index is 0.363. The Labute approximate surface area is 118 Å². The van der Waals surface area contributed by atoms with Gasteiger partial charge in [0.15, 0.2) is 0 Å². The molecule has 0 aliphatic heterocycles. The van der Waals surface area contributed by atoms with Crippen LogP contribution in [0.4, 0.5) is 5.69 Å². The molecule has 2 aromatic carbocycles. The van der Waals surface area contributed by atoms with Gasteiger partial charge in [0, 0.05) is 13.3 Å². The first-order chi connectivity index (χ1) is 9.74. The number of nitrogens with zero attached hydrogens (tertiary/aromatic N) is 2. The monoisotopic (exact) mass is 268 g/mol. The SMILES string of the molecule is CC(=O)OC(Cc1ccccc1)N=Nc1ccccc1. The maximum absolute atomic E-state index is 11.1. The lowest BCUT2D eigenvalue weighted by Gasteiger charge is -2.11. The number of hydrogen-bond donors (Lipinski definition) is 0. The normalized spacial score (nSPS) is 12.2. The van der Waals surface area contributed by atoms with Crippen LogP contribution in [0.25, 0.3) is 0 Å². The molecule has 102 valence electrons. The van der Waals surface area contributed by atoms with Crippen LogP contribution in [0.15, 0.2) is 70.9 Å². The lowest BCUT2D eigenvalue weighted by atomic mass is 10.1. The summed E-state index contributed by atoms with van der Waals surface area (Å²) < 4.78 is 5.18. The van der Waals surface area contributed by atoms with E-state index in [4.69, 9.17) is 4.74 Å². The van der Waals surface area contributed by atoms with Crippen LogP contribution < -0.4 is 0 Å². The van der Waals surface area contributed by atoms with Crippen molar-refractivity contribution in [2.45, 2.75) is 19.6 Å². The third kappa shape index (κ3) is 4.65. The maximum Gasteiger partial charge on any atom is 0.304 e. The van der Waals surface area contributed by atoms with Gasteiger partial charge in [0.05, 0.1) is 5.69 Å². The molecule has 1 unspecified atom stereocenters. The molecule has 2 aromatic rings. The van der Waals surface area contributed by atoms with E-state index in [9.17, 15) is 4.79 Å². The summed E-state index contributed by atoms with van der Waals surface area (Å²) in [6, 6.07) is 19.1. The molecule has 0 aliphatic rings. The number of azo groups is 1. The first-order valence-electron chi connectivity index (χ1n) is 6.41. The highest BCUT2D eigenvalue weighted by Crippen LogP contribution is 2.14. The van der Waals surface area contributed by atoms with Crippen molar-refractivity contribution in [3.63, 3.8) is 0 Å². The molecular weight excluding hydrogens is 252 g/mol. The second-order valence-corrected chi connectivity index (χ2v) is 4.30. The van der Waals surface area contributed by atoms with Gasteiger partial charge in [-0.05, 0) is 17.7 Å². The third-order valence-electron chi connectivity index (χ3n) is 2.61. The molecule has 0 fully saturated rings. The van der Waals surface area contributed by atoms with Gasteiger partial charge in [0.1, 0.15) is 0 Å². The zero-order valence-electron chi connectivity index (χ0n) is 11.3. The quantitative estimate of drug-likeness (QED) is 0.610. The van der Waals surface area contributed by atoms with Crippen molar-refractivity contribution >= 4 is 11.7 Å². The number of rotatable bonds is 5. The molecule has 4 heteroatoms. The molecule has 20 heavy (non-hydrogen) atoms. The summed E-state index contributed by atoms with van der Waals surface area (Å²) in [5, 5.41) is 8.21. The molecule has 4 nitrogen and oxygen atoms in total. The fraction of sp³-hybridized carbons (Fsp3) is 0.188. The van der Waals surface area contributed by atoms with Crippen molar-refractivity contribution in [1.29, 1.82) is 0 Å². The molecule has 2 rings (SSSR count). The summed E-state index contributed by atoms with van der Waals surface area (Å²) in [5.74, 6) is -0.363. The van der Waals surface area contributed by atoms with Crippen LogP contribution in [0.1, 0.15) is 12.5 Å². The number of carbonyl (C=O) groups is 1. The zero-order chi connectivity index (χ0) is 14.2. The Morgan fingerprint density at radius 3 is 2.25 bits per heavy atom. The van der Waals surface area contributed by atoms with Gasteiger partial charge in [-0.25, -0.2) is 0 Å². The predicted molar refractivity (Wildman–Crippen MR) is 76.7 cm³/mol. The van der Waals surface area contributed by atoms with E-state index in [1.165, 1.54) is 6.92 Å². The molecule has 0 radical (unpaired) electrons. The van der Waals surface area contributed by atoms with Crippen molar-refractivity contribution in [3.05, 3.63) is 66.2 Å². The highest BCUT2D eigenvalue weighted by Gasteiger charge is 2.11. The summed E-state index contributed by atoms with van der Waals surface area (Å²) >= 11 is 0.